The predicted molar refractivity (Wildman–Crippen MR) is 78.1 cm³/mol. The molecule has 0 atom stereocenters. The average Bonchev–Trinajstić information content (AvgIpc) is 2.37. The maximum Gasteiger partial charge on any atom is 0.224 e. The van der Waals surface area contributed by atoms with Gasteiger partial charge in [0.25, 0.3) is 0 Å². The lowest BCUT2D eigenvalue weighted by Gasteiger charge is -2.56. The fourth-order valence-corrected chi connectivity index (χ4v) is 5.49. The van der Waals surface area contributed by atoms with Gasteiger partial charge in [-0.25, -0.2) is 0 Å². The Morgan fingerprint density at radius 2 is 1.65 bits per heavy atom. The van der Waals surface area contributed by atoms with E-state index in [0.29, 0.717) is 5.41 Å². The Balaban J connectivity index is 1.45. The minimum Gasteiger partial charge on any atom is -0.326 e. The molecule has 4 aliphatic carbocycles. The minimum atomic E-state index is 0.193. The van der Waals surface area contributed by atoms with Crippen LogP contribution in [-0.2, 0) is 4.79 Å². The number of rotatable bonds is 3. The Labute approximate surface area is 120 Å². The molecule has 1 aromatic rings. The molecule has 4 saturated carbocycles. The molecule has 106 valence electrons. The van der Waals surface area contributed by atoms with Crippen molar-refractivity contribution in [1.82, 2.24) is 4.98 Å². The van der Waals surface area contributed by atoms with E-state index in [1.807, 2.05) is 12.1 Å². The minimum absolute atomic E-state index is 0.193. The zero-order chi connectivity index (χ0) is 13.6. The summed E-state index contributed by atoms with van der Waals surface area (Å²) >= 11 is 0. The molecular formula is C17H22N2O. The lowest BCUT2D eigenvalue weighted by atomic mass is 9.49. The molecule has 4 bridgehead atoms. The molecule has 5 rings (SSSR count). The summed E-state index contributed by atoms with van der Waals surface area (Å²) in [6.45, 7) is 0. The van der Waals surface area contributed by atoms with Gasteiger partial charge in [-0.1, -0.05) is 0 Å². The Kier molecular flexibility index (Phi) is 2.83. The van der Waals surface area contributed by atoms with E-state index in [2.05, 4.69) is 10.3 Å². The van der Waals surface area contributed by atoms with E-state index in [4.69, 9.17) is 0 Å². The van der Waals surface area contributed by atoms with Gasteiger partial charge in [0.1, 0.15) is 0 Å². The highest BCUT2D eigenvalue weighted by molar-refractivity contribution is 5.91. The van der Waals surface area contributed by atoms with Crippen LogP contribution in [0.5, 0.6) is 0 Å². The van der Waals surface area contributed by atoms with Crippen LogP contribution in [0, 0.1) is 23.2 Å². The summed E-state index contributed by atoms with van der Waals surface area (Å²) in [5, 5.41) is 3.04. The molecule has 1 amide bonds. The van der Waals surface area contributed by atoms with Crippen molar-refractivity contribution in [3.8, 4) is 0 Å². The number of pyridine rings is 1. The van der Waals surface area contributed by atoms with Crippen LogP contribution >= 0.6 is 0 Å². The SMILES string of the molecule is O=C(CC12CC3CC(CC(C3)C1)C2)Nc1ccncc1. The van der Waals surface area contributed by atoms with E-state index in [-0.39, 0.29) is 5.91 Å². The second-order valence-electron chi connectivity index (χ2n) is 7.38. The van der Waals surface area contributed by atoms with Crippen LogP contribution in [0.4, 0.5) is 5.69 Å². The number of carbonyl (C=O) groups excluding carboxylic acids is 1. The molecule has 3 heteroatoms. The van der Waals surface area contributed by atoms with Crippen LogP contribution < -0.4 is 5.32 Å². The first-order valence-corrected chi connectivity index (χ1v) is 7.91. The fraction of sp³-hybridized carbons (Fsp3) is 0.647. The molecule has 1 N–H and O–H groups in total. The summed E-state index contributed by atoms with van der Waals surface area (Å²) in [7, 11) is 0. The Morgan fingerprint density at radius 1 is 1.10 bits per heavy atom. The average molecular weight is 270 g/mol. The summed E-state index contributed by atoms with van der Waals surface area (Å²) in [6.07, 6.45) is 12.4. The number of carbonyl (C=O) groups is 1. The molecule has 1 aromatic heterocycles. The van der Waals surface area contributed by atoms with Crippen molar-refractivity contribution >= 4 is 11.6 Å². The van der Waals surface area contributed by atoms with Crippen LogP contribution in [-0.4, -0.2) is 10.9 Å². The third kappa shape index (κ3) is 2.23. The zero-order valence-corrected chi connectivity index (χ0v) is 11.8. The fourth-order valence-electron chi connectivity index (χ4n) is 5.49. The van der Waals surface area contributed by atoms with Crippen molar-refractivity contribution in [2.75, 3.05) is 5.32 Å². The maximum absolute atomic E-state index is 12.4. The quantitative estimate of drug-likeness (QED) is 0.911. The van der Waals surface area contributed by atoms with Crippen LogP contribution in [0.25, 0.3) is 0 Å². The second kappa shape index (κ2) is 4.57. The highest BCUT2D eigenvalue weighted by Crippen LogP contribution is 2.61. The van der Waals surface area contributed by atoms with E-state index in [1.165, 1.54) is 38.5 Å². The van der Waals surface area contributed by atoms with Crippen LogP contribution in [0.15, 0.2) is 24.5 Å². The molecule has 0 saturated heterocycles. The Morgan fingerprint density at radius 3 is 2.20 bits per heavy atom. The van der Waals surface area contributed by atoms with Gasteiger partial charge < -0.3 is 5.32 Å². The summed E-state index contributed by atoms with van der Waals surface area (Å²) in [6, 6.07) is 3.72. The zero-order valence-electron chi connectivity index (χ0n) is 11.8. The first-order chi connectivity index (χ1) is 9.71. The smallest absolute Gasteiger partial charge is 0.224 e. The highest BCUT2D eigenvalue weighted by atomic mass is 16.1. The van der Waals surface area contributed by atoms with Gasteiger partial charge in [-0.15, -0.1) is 0 Å². The molecule has 4 fully saturated rings. The van der Waals surface area contributed by atoms with Gasteiger partial charge in [-0.3, -0.25) is 9.78 Å². The van der Waals surface area contributed by atoms with Crippen molar-refractivity contribution < 1.29 is 4.79 Å². The lowest BCUT2D eigenvalue weighted by Crippen LogP contribution is -2.47. The number of hydrogen-bond donors (Lipinski definition) is 1. The third-order valence-corrected chi connectivity index (χ3v) is 5.66. The molecule has 3 nitrogen and oxygen atoms in total. The van der Waals surface area contributed by atoms with Crippen molar-refractivity contribution in [3.63, 3.8) is 0 Å². The van der Waals surface area contributed by atoms with E-state index in [1.54, 1.807) is 12.4 Å². The van der Waals surface area contributed by atoms with E-state index < -0.39 is 0 Å². The molecule has 0 radical (unpaired) electrons. The molecule has 4 aliphatic rings. The van der Waals surface area contributed by atoms with E-state index in [9.17, 15) is 4.79 Å². The van der Waals surface area contributed by atoms with Gasteiger partial charge in [-0.2, -0.15) is 0 Å². The first-order valence-electron chi connectivity index (χ1n) is 7.91. The van der Waals surface area contributed by atoms with Crippen LogP contribution in [0.1, 0.15) is 44.9 Å². The van der Waals surface area contributed by atoms with Crippen molar-refractivity contribution in [2.24, 2.45) is 23.2 Å². The first kappa shape index (κ1) is 12.4. The molecule has 20 heavy (non-hydrogen) atoms. The lowest BCUT2D eigenvalue weighted by molar-refractivity contribution is -0.124. The Bertz CT molecular complexity index is 476. The highest BCUT2D eigenvalue weighted by Gasteiger charge is 2.51. The van der Waals surface area contributed by atoms with Crippen LogP contribution in [0.3, 0.4) is 0 Å². The monoisotopic (exact) mass is 270 g/mol. The van der Waals surface area contributed by atoms with Gasteiger partial charge in [0.05, 0.1) is 0 Å². The third-order valence-electron chi connectivity index (χ3n) is 5.66. The number of amides is 1. The summed E-state index contributed by atoms with van der Waals surface area (Å²) in [5.41, 5.74) is 1.20. The predicted octanol–water partition coefficient (Wildman–Crippen LogP) is 3.63. The van der Waals surface area contributed by atoms with Gasteiger partial charge in [0, 0.05) is 24.5 Å². The number of nitrogens with one attached hydrogen (secondary N) is 1. The van der Waals surface area contributed by atoms with Gasteiger partial charge >= 0.3 is 0 Å². The molecule has 0 aliphatic heterocycles. The number of nitrogens with zero attached hydrogens (tertiary/aromatic N) is 1. The summed E-state index contributed by atoms with van der Waals surface area (Å²) < 4.78 is 0. The van der Waals surface area contributed by atoms with Crippen molar-refractivity contribution in [2.45, 2.75) is 44.9 Å². The van der Waals surface area contributed by atoms with E-state index >= 15 is 0 Å². The van der Waals surface area contributed by atoms with E-state index in [0.717, 1.165) is 29.9 Å². The number of anilines is 1. The summed E-state index contributed by atoms with van der Waals surface area (Å²) in [4.78, 5) is 16.3. The topological polar surface area (TPSA) is 42.0 Å². The van der Waals surface area contributed by atoms with Crippen molar-refractivity contribution in [3.05, 3.63) is 24.5 Å². The summed E-state index contributed by atoms with van der Waals surface area (Å²) in [5.74, 6) is 2.93. The number of aromatic nitrogens is 1. The number of hydrogen-bond acceptors (Lipinski definition) is 2. The van der Waals surface area contributed by atoms with Crippen LogP contribution in [0.2, 0.25) is 0 Å². The van der Waals surface area contributed by atoms with Crippen molar-refractivity contribution in [1.29, 1.82) is 0 Å². The largest absolute Gasteiger partial charge is 0.326 e. The molecule has 1 heterocycles. The van der Waals surface area contributed by atoms with Gasteiger partial charge in [-0.05, 0) is 73.8 Å². The second-order valence-corrected chi connectivity index (χ2v) is 7.38. The molecule has 0 aromatic carbocycles. The standard InChI is InChI=1S/C17H22N2O/c20-16(19-15-1-3-18-4-2-15)11-17-8-12-5-13(9-17)7-14(6-12)10-17/h1-4,12-14H,5-11H2,(H,18,19,20). The molecular weight excluding hydrogens is 248 g/mol. The van der Waals surface area contributed by atoms with Gasteiger partial charge in [0.2, 0.25) is 5.91 Å². The molecule has 0 unspecified atom stereocenters. The maximum atomic E-state index is 12.4. The van der Waals surface area contributed by atoms with Gasteiger partial charge in [0.15, 0.2) is 0 Å². The Hall–Kier alpha value is -1.38. The normalized spacial score (nSPS) is 37.9. The molecule has 0 spiro atoms.